The molecule has 0 bridgehead atoms. The number of thioether (sulfide) groups is 1. The van der Waals surface area contributed by atoms with Gasteiger partial charge in [-0.15, -0.1) is 10.2 Å². The zero-order valence-corrected chi connectivity index (χ0v) is 21.9. The Balaban J connectivity index is 1.67. The van der Waals surface area contributed by atoms with Crippen LogP contribution in [0.4, 0.5) is 5.82 Å². The number of hydrogen-bond donors (Lipinski definition) is 1. The average molecular weight is 579 g/mol. The molecular formula is C23H18BrCl2N5O2S. The lowest BCUT2D eigenvalue weighted by Gasteiger charge is -2.15. The van der Waals surface area contributed by atoms with Gasteiger partial charge in [-0.25, -0.2) is 4.98 Å². The highest BCUT2D eigenvalue weighted by molar-refractivity contribution is 9.10. The van der Waals surface area contributed by atoms with E-state index in [1.165, 1.54) is 18.0 Å². The van der Waals surface area contributed by atoms with Crippen LogP contribution >= 0.6 is 50.9 Å². The molecule has 4 rings (SSSR count). The van der Waals surface area contributed by atoms with Crippen LogP contribution in [0, 0.1) is 0 Å². The summed E-state index contributed by atoms with van der Waals surface area (Å²) in [7, 11) is 1.56. The maximum atomic E-state index is 12.8. The highest BCUT2D eigenvalue weighted by Gasteiger charge is 2.23. The largest absolute Gasteiger partial charge is 0.495 e. The van der Waals surface area contributed by atoms with Gasteiger partial charge in [0, 0.05) is 16.2 Å². The highest BCUT2D eigenvalue weighted by Crippen LogP contribution is 2.34. The SMILES string of the molecule is COc1ccc(-n2c(S[C@H](C)C(=O)Nc3ccc(Cl)cn3)nnc2-c2ccc(Br)cc2)cc1Cl. The Morgan fingerprint density at radius 3 is 2.53 bits per heavy atom. The molecule has 1 amide bonds. The molecule has 0 saturated carbocycles. The topological polar surface area (TPSA) is 81.9 Å². The third-order valence-corrected chi connectivity index (χ3v) is 6.85. The van der Waals surface area contributed by atoms with E-state index in [1.54, 1.807) is 38.3 Å². The first-order chi connectivity index (χ1) is 16.4. The summed E-state index contributed by atoms with van der Waals surface area (Å²) in [5.41, 5.74) is 1.60. The van der Waals surface area contributed by atoms with Crippen LogP contribution < -0.4 is 10.1 Å². The molecule has 0 spiro atoms. The van der Waals surface area contributed by atoms with Gasteiger partial charge in [0.05, 0.1) is 28.1 Å². The van der Waals surface area contributed by atoms with Crippen LogP contribution in [0.1, 0.15) is 6.92 Å². The Bertz CT molecular complexity index is 1320. The number of pyridine rings is 1. The zero-order valence-electron chi connectivity index (χ0n) is 18.0. The van der Waals surface area contributed by atoms with E-state index in [0.717, 1.165) is 15.7 Å². The van der Waals surface area contributed by atoms with E-state index in [9.17, 15) is 4.79 Å². The van der Waals surface area contributed by atoms with Gasteiger partial charge in [0.25, 0.3) is 0 Å². The summed E-state index contributed by atoms with van der Waals surface area (Å²) in [5.74, 6) is 1.36. The molecule has 0 saturated heterocycles. The molecule has 11 heteroatoms. The van der Waals surface area contributed by atoms with Crippen LogP contribution in [0.15, 0.2) is 70.4 Å². The number of anilines is 1. The van der Waals surface area contributed by atoms with Crippen molar-refractivity contribution in [1.29, 1.82) is 0 Å². The van der Waals surface area contributed by atoms with Crippen molar-refractivity contribution in [2.45, 2.75) is 17.3 Å². The third-order valence-electron chi connectivity index (χ3n) is 4.76. The van der Waals surface area contributed by atoms with Gasteiger partial charge in [-0.1, -0.05) is 63.0 Å². The first-order valence-electron chi connectivity index (χ1n) is 10.00. The number of aromatic nitrogens is 4. The molecule has 34 heavy (non-hydrogen) atoms. The first kappa shape index (κ1) is 24.5. The normalized spacial score (nSPS) is 11.8. The number of hydrogen-bond acceptors (Lipinski definition) is 6. The lowest BCUT2D eigenvalue weighted by molar-refractivity contribution is -0.115. The fourth-order valence-electron chi connectivity index (χ4n) is 3.05. The van der Waals surface area contributed by atoms with Crippen LogP contribution in [0.3, 0.4) is 0 Å². The number of halogens is 3. The van der Waals surface area contributed by atoms with Crippen molar-refractivity contribution < 1.29 is 9.53 Å². The molecule has 1 N–H and O–H groups in total. The smallest absolute Gasteiger partial charge is 0.238 e. The van der Waals surface area contributed by atoms with E-state index in [-0.39, 0.29) is 5.91 Å². The molecule has 0 radical (unpaired) electrons. The minimum absolute atomic E-state index is 0.229. The maximum Gasteiger partial charge on any atom is 0.238 e. The minimum atomic E-state index is -0.494. The van der Waals surface area contributed by atoms with Crippen LogP contribution in [-0.2, 0) is 4.79 Å². The van der Waals surface area contributed by atoms with Gasteiger partial charge in [0.2, 0.25) is 5.91 Å². The summed E-state index contributed by atoms with van der Waals surface area (Å²) in [5, 5.41) is 12.6. The Morgan fingerprint density at radius 1 is 1.12 bits per heavy atom. The van der Waals surface area contributed by atoms with Crippen LogP contribution in [0.5, 0.6) is 5.75 Å². The fourth-order valence-corrected chi connectivity index (χ4v) is 4.54. The van der Waals surface area contributed by atoms with Crippen LogP contribution in [0.2, 0.25) is 10.0 Å². The zero-order chi connectivity index (χ0) is 24.2. The van der Waals surface area contributed by atoms with Gasteiger partial charge < -0.3 is 10.1 Å². The van der Waals surface area contributed by atoms with Crippen molar-refractivity contribution in [3.63, 3.8) is 0 Å². The molecule has 2 aromatic carbocycles. The van der Waals surface area contributed by atoms with Crippen molar-refractivity contribution in [2.24, 2.45) is 0 Å². The van der Waals surface area contributed by atoms with Crippen molar-refractivity contribution in [2.75, 3.05) is 12.4 Å². The second kappa shape index (κ2) is 10.8. The molecule has 0 aliphatic rings. The van der Waals surface area contributed by atoms with Gasteiger partial charge in [-0.3, -0.25) is 9.36 Å². The van der Waals surface area contributed by atoms with Crippen molar-refractivity contribution in [3.8, 4) is 22.8 Å². The molecule has 0 aliphatic heterocycles. The summed E-state index contributed by atoms with van der Waals surface area (Å²) in [6.07, 6.45) is 1.48. The molecule has 7 nitrogen and oxygen atoms in total. The number of nitrogens with zero attached hydrogens (tertiary/aromatic N) is 4. The summed E-state index contributed by atoms with van der Waals surface area (Å²) >= 11 is 17.0. The van der Waals surface area contributed by atoms with E-state index in [0.29, 0.717) is 32.6 Å². The van der Waals surface area contributed by atoms with Gasteiger partial charge >= 0.3 is 0 Å². The molecular weight excluding hydrogens is 561 g/mol. The molecule has 0 fully saturated rings. The number of methoxy groups -OCH3 is 1. The molecule has 174 valence electrons. The number of nitrogens with one attached hydrogen (secondary N) is 1. The fraction of sp³-hybridized carbons (Fsp3) is 0.130. The van der Waals surface area contributed by atoms with E-state index < -0.39 is 5.25 Å². The maximum absolute atomic E-state index is 12.8. The predicted molar refractivity (Wildman–Crippen MR) is 139 cm³/mol. The second-order valence-electron chi connectivity index (χ2n) is 7.08. The number of carbonyl (C=O) groups is 1. The van der Waals surface area contributed by atoms with Crippen molar-refractivity contribution in [1.82, 2.24) is 19.7 Å². The number of amides is 1. The van der Waals surface area contributed by atoms with E-state index >= 15 is 0 Å². The number of ether oxygens (including phenoxy) is 1. The monoisotopic (exact) mass is 577 g/mol. The molecule has 2 aromatic heterocycles. The average Bonchev–Trinajstić information content (AvgIpc) is 3.24. The van der Waals surface area contributed by atoms with Crippen LogP contribution in [0.25, 0.3) is 17.1 Å². The Labute approximate surface area is 219 Å². The highest BCUT2D eigenvalue weighted by atomic mass is 79.9. The number of benzene rings is 2. The molecule has 0 unspecified atom stereocenters. The third kappa shape index (κ3) is 5.55. The summed E-state index contributed by atoms with van der Waals surface area (Å²) in [6.45, 7) is 1.79. The quantitative estimate of drug-likeness (QED) is 0.251. The lowest BCUT2D eigenvalue weighted by Crippen LogP contribution is -2.23. The van der Waals surface area contributed by atoms with Gasteiger partial charge in [-0.2, -0.15) is 0 Å². The van der Waals surface area contributed by atoms with Crippen LogP contribution in [-0.4, -0.2) is 38.0 Å². The second-order valence-corrected chi connectivity index (χ2v) is 10.1. The van der Waals surface area contributed by atoms with Gasteiger partial charge in [0.15, 0.2) is 11.0 Å². The molecule has 1 atom stereocenters. The van der Waals surface area contributed by atoms with Crippen molar-refractivity contribution in [3.05, 3.63) is 75.3 Å². The standard InChI is InChI=1S/C23H18BrCl2N5O2S/c1-13(22(32)28-20-10-7-16(25)12-27-20)34-23-30-29-21(14-3-5-15(24)6-4-14)31(23)17-8-9-19(33-2)18(26)11-17/h3-13H,1-2H3,(H,27,28,32)/t13-/m1/s1. The van der Waals surface area contributed by atoms with E-state index in [4.69, 9.17) is 27.9 Å². The lowest BCUT2D eigenvalue weighted by atomic mass is 10.2. The molecule has 0 aliphatic carbocycles. The predicted octanol–water partition coefficient (Wildman–Crippen LogP) is 6.53. The Morgan fingerprint density at radius 2 is 1.88 bits per heavy atom. The van der Waals surface area contributed by atoms with E-state index in [2.05, 4.69) is 36.4 Å². The number of rotatable bonds is 7. The van der Waals surface area contributed by atoms with Gasteiger partial charge in [-0.05, 0) is 49.4 Å². The first-order valence-corrected chi connectivity index (χ1v) is 12.4. The molecule has 4 aromatic rings. The Hall–Kier alpha value is -2.59. The van der Waals surface area contributed by atoms with Crippen molar-refractivity contribution >= 4 is 62.6 Å². The molecule has 2 heterocycles. The Kier molecular flexibility index (Phi) is 7.77. The van der Waals surface area contributed by atoms with Gasteiger partial charge in [0.1, 0.15) is 11.6 Å². The van der Waals surface area contributed by atoms with E-state index in [1.807, 2.05) is 34.9 Å². The summed E-state index contributed by atoms with van der Waals surface area (Å²) in [4.78, 5) is 16.9. The number of carbonyl (C=O) groups excluding carboxylic acids is 1. The minimum Gasteiger partial charge on any atom is -0.495 e. The summed E-state index contributed by atoms with van der Waals surface area (Å²) < 4.78 is 8.10. The summed E-state index contributed by atoms with van der Waals surface area (Å²) in [6, 6.07) is 16.5.